The molecule has 2 rings (SSSR count). The monoisotopic (exact) mass is 439 g/mol. The molecule has 0 unspecified atom stereocenters. The summed E-state index contributed by atoms with van der Waals surface area (Å²) in [6.07, 6.45) is 1.56. The SMILES string of the molecule is O=C(CCC(=O)Nc1ccc(F)cc1)NN=Cc1ccc(I)cc1. The van der Waals surface area contributed by atoms with E-state index in [9.17, 15) is 14.0 Å². The molecule has 0 aliphatic rings. The maximum absolute atomic E-state index is 12.8. The van der Waals surface area contributed by atoms with Crippen LogP contribution < -0.4 is 10.7 Å². The first-order valence-electron chi connectivity index (χ1n) is 7.16. The van der Waals surface area contributed by atoms with Crippen LogP contribution in [0.5, 0.6) is 0 Å². The number of anilines is 1. The first-order valence-corrected chi connectivity index (χ1v) is 8.24. The highest BCUT2D eigenvalue weighted by molar-refractivity contribution is 14.1. The topological polar surface area (TPSA) is 70.6 Å². The Labute approximate surface area is 152 Å². The Bertz CT molecular complexity index is 731. The lowest BCUT2D eigenvalue weighted by Crippen LogP contribution is -2.20. The molecule has 0 spiro atoms. The highest BCUT2D eigenvalue weighted by Crippen LogP contribution is 2.09. The zero-order valence-electron chi connectivity index (χ0n) is 12.6. The lowest BCUT2D eigenvalue weighted by atomic mass is 10.2. The van der Waals surface area contributed by atoms with Crippen LogP contribution in [-0.2, 0) is 9.59 Å². The second-order valence-corrected chi connectivity index (χ2v) is 6.15. The molecular weight excluding hydrogens is 424 g/mol. The Balaban J connectivity index is 1.71. The van der Waals surface area contributed by atoms with E-state index in [-0.39, 0.29) is 30.5 Å². The normalized spacial score (nSPS) is 10.6. The molecule has 0 saturated carbocycles. The van der Waals surface area contributed by atoms with E-state index >= 15 is 0 Å². The van der Waals surface area contributed by atoms with Crippen molar-refractivity contribution in [2.24, 2.45) is 5.10 Å². The Kier molecular flexibility index (Phi) is 6.86. The summed E-state index contributed by atoms with van der Waals surface area (Å²) in [6, 6.07) is 13.1. The molecule has 124 valence electrons. The molecule has 5 nitrogen and oxygen atoms in total. The minimum Gasteiger partial charge on any atom is -0.326 e. The number of benzene rings is 2. The second-order valence-electron chi connectivity index (χ2n) is 4.90. The fraction of sp³-hybridized carbons (Fsp3) is 0.118. The van der Waals surface area contributed by atoms with E-state index in [0.29, 0.717) is 5.69 Å². The van der Waals surface area contributed by atoms with Crippen molar-refractivity contribution in [3.63, 3.8) is 0 Å². The maximum atomic E-state index is 12.8. The third kappa shape index (κ3) is 6.45. The van der Waals surface area contributed by atoms with Gasteiger partial charge < -0.3 is 5.32 Å². The van der Waals surface area contributed by atoms with E-state index in [2.05, 4.69) is 38.4 Å². The molecule has 0 atom stereocenters. The van der Waals surface area contributed by atoms with E-state index in [4.69, 9.17) is 0 Å². The van der Waals surface area contributed by atoms with Crippen LogP contribution in [0.25, 0.3) is 0 Å². The summed E-state index contributed by atoms with van der Waals surface area (Å²) in [4.78, 5) is 23.3. The van der Waals surface area contributed by atoms with E-state index in [1.165, 1.54) is 30.5 Å². The molecule has 2 aromatic carbocycles. The number of hydrogen-bond donors (Lipinski definition) is 2. The summed E-state index contributed by atoms with van der Waals surface area (Å²) >= 11 is 2.20. The fourth-order valence-corrected chi connectivity index (χ4v) is 2.13. The first-order chi connectivity index (χ1) is 11.5. The van der Waals surface area contributed by atoms with E-state index in [0.717, 1.165) is 9.13 Å². The molecule has 0 heterocycles. The summed E-state index contributed by atoms with van der Waals surface area (Å²) in [5.74, 6) is -1.05. The molecule has 2 aromatic rings. The van der Waals surface area contributed by atoms with Gasteiger partial charge in [-0.05, 0) is 64.6 Å². The maximum Gasteiger partial charge on any atom is 0.240 e. The van der Waals surface area contributed by atoms with Crippen LogP contribution in [0.4, 0.5) is 10.1 Å². The van der Waals surface area contributed by atoms with Gasteiger partial charge >= 0.3 is 0 Å². The summed E-state index contributed by atoms with van der Waals surface area (Å²) in [7, 11) is 0. The number of nitrogens with one attached hydrogen (secondary N) is 2. The number of amides is 2. The summed E-state index contributed by atoms with van der Waals surface area (Å²) in [6.45, 7) is 0. The van der Waals surface area contributed by atoms with Crippen LogP contribution >= 0.6 is 22.6 Å². The predicted molar refractivity (Wildman–Crippen MR) is 99.2 cm³/mol. The van der Waals surface area contributed by atoms with Crippen molar-refractivity contribution in [1.82, 2.24) is 5.43 Å². The molecular formula is C17H15FIN3O2. The summed E-state index contributed by atoms with van der Waals surface area (Å²) in [5.41, 5.74) is 3.72. The van der Waals surface area contributed by atoms with Crippen molar-refractivity contribution in [2.45, 2.75) is 12.8 Å². The van der Waals surface area contributed by atoms with Gasteiger partial charge in [-0.15, -0.1) is 0 Å². The zero-order chi connectivity index (χ0) is 17.4. The smallest absolute Gasteiger partial charge is 0.240 e. The lowest BCUT2D eigenvalue weighted by Gasteiger charge is -2.04. The number of carbonyl (C=O) groups is 2. The molecule has 0 aliphatic heterocycles. The van der Waals surface area contributed by atoms with Crippen LogP contribution in [0.1, 0.15) is 18.4 Å². The average molecular weight is 439 g/mol. The van der Waals surface area contributed by atoms with Gasteiger partial charge in [0.1, 0.15) is 5.82 Å². The van der Waals surface area contributed by atoms with Gasteiger partial charge in [-0.1, -0.05) is 12.1 Å². The van der Waals surface area contributed by atoms with Crippen molar-refractivity contribution < 1.29 is 14.0 Å². The molecule has 0 saturated heterocycles. The molecule has 2 N–H and O–H groups in total. The fourth-order valence-electron chi connectivity index (χ4n) is 1.77. The third-order valence-electron chi connectivity index (χ3n) is 2.98. The largest absolute Gasteiger partial charge is 0.326 e. The number of halogens is 2. The van der Waals surface area contributed by atoms with Crippen LogP contribution in [0.3, 0.4) is 0 Å². The highest BCUT2D eigenvalue weighted by Gasteiger charge is 2.06. The molecule has 0 aliphatic carbocycles. The molecule has 24 heavy (non-hydrogen) atoms. The lowest BCUT2D eigenvalue weighted by molar-refractivity contribution is -0.124. The van der Waals surface area contributed by atoms with Gasteiger partial charge in [-0.3, -0.25) is 9.59 Å². The standard InChI is InChI=1S/C17H15FIN3O2/c18-13-3-7-15(8-4-13)21-16(23)9-10-17(24)22-20-11-12-1-5-14(19)6-2-12/h1-8,11H,9-10H2,(H,21,23)(H,22,24). The number of hydrogen-bond acceptors (Lipinski definition) is 3. The van der Waals surface area contributed by atoms with Crippen molar-refractivity contribution in [2.75, 3.05) is 5.32 Å². The van der Waals surface area contributed by atoms with Gasteiger partial charge in [-0.25, -0.2) is 9.82 Å². The Hall–Kier alpha value is -2.29. The van der Waals surface area contributed by atoms with Crippen molar-refractivity contribution in [1.29, 1.82) is 0 Å². The van der Waals surface area contributed by atoms with Gasteiger partial charge in [0.2, 0.25) is 11.8 Å². The number of rotatable bonds is 6. The Morgan fingerprint density at radius 2 is 1.62 bits per heavy atom. The zero-order valence-corrected chi connectivity index (χ0v) is 14.8. The van der Waals surface area contributed by atoms with Crippen molar-refractivity contribution >= 4 is 46.3 Å². The van der Waals surface area contributed by atoms with Crippen molar-refractivity contribution in [3.8, 4) is 0 Å². The molecule has 0 aromatic heterocycles. The van der Waals surface area contributed by atoms with Crippen LogP contribution in [0.2, 0.25) is 0 Å². The van der Waals surface area contributed by atoms with Gasteiger partial charge in [-0.2, -0.15) is 5.10 Å². The number of nitrogens with zero attached hydrogens (tertiary/aromatic N) is 1. The number of hydrazone groups is 1. The van der Waals surface area contributed by atoms with E-state index < -0.39 is 0 Å². The Morgan fingerprint density at radius 3 is 2.29 bits per heavy atom. The molecule has 7 heteroatoms. The van der Waals surface area contributed by atoms with Crippen LogP contribution in [0.15, 0.2) is 53.6 Å². The predicted octanol–water partition coefficient (Wildman–Crippen LogP) is 3.30. The minimum atomic E-state index is -0.377. The average Bonchev–Trinajstić information content (AvgIpc) is 2.57. The van der Waals surface area contributed by atoms with E-state index in [1.807, 2.05) is 24.3 Å². The minimum absolute atomic E-state index is 0.0110. The Morgan fingerprint density at radius 1 is 1.00 bits per heavy atom. The quantitative estimate of drug-likeness (QED) is 0.412. The van der Waals surface area contributed by atoms with Crippen molar-refractivity contribution in [3.05, 3.63) is 63.5 Å². The third-order valence-corrected chi connectivity index (χ3v) is 3.70. The van der Waals surface area contributed by atoms with Gasteiger partial charge in [0.25, 0.3) is 0 Å². The molecule has 0 bridgehead atoms. The van der Waals surface area contributed by atoms with Crippen LogP contribution in [-0.4, -0.2) is 18.0 Å². The first kappa shape index (κ1) is 18.1. The number of carbonyl (C=O) groups excluding carboxylic acids is 2. The molecule has 2 amide bonds. The molecule has 0 radical (unpaired) electrons. The van der Waals surface area contributed by atoms with Gasteiger partial charge in [0, 0.05) is 22.1 Å². The van der Waals surface area contributed by atoms with Crippen LogP contribution in [0, 0.1) is 9.39 Å². The highest BCUT2D eigenvalue weighted by atomic mass is 127. The molecule has 0 fully saturated rings. The summed E-state index contributed by atoms with van der Waals surface area (Å²) in [5, 5.41) is 6.43. The van der Waals surface area contributed by atoms with Gasteiger partial charge in [0.15, 0.2) is 0 Å². The van der Waals surface area contributed by atoms with E-state index in [1.54, 1.807) is 0 Å². The second kappa shape index (κ2) is 9.11. The summed E-state index contributed by atoms with van der Waals surface area (Å²) < 4.78 is 13.9. The van der Waals surface area contributed by atoms with Gasteiger partial charge in [0.05, 0.1) is 6.21 Å².